The van der Waals surface area contributed by atoms with E-state index in [1.807, 2.05) is 32.9 Å². The first kappa shape index (κ1) is 19.5. The van der Waals surface area contributed by atoms with Gasteiger partial charge in [0.1, 0.15) is 0 Å². The summed E-state index contributed by atoms with van der Waals surface area (Å²) in [5.41, 5.74) is 2.62. The van der Waals surface area contributed by atoms with E-state index in [2.05, 4.69) is 47.8 Å². The minimum atomic E-state index is -3.52. The van der Waals surface area contributed by atoms with Gasteiger partial charge in [-0.05, 0) is 104 Å². The van der Waals surface area contributed by atoms with E-state index in [-0.39, 0.29) is 0 Å². The number of hydrogen-bond donors (Lipinski definition) is 0. The first-order valence-electron chi connectivity index (χ1n) is 6.69. The monoisotopic (exact) mass is 540 g/mol. The summed E-state index contributed by atoms with van der Waals surface area (Å²) < 4.78 is 25.4. The van der Waals surface area contributed by atoms with Crippen LogP contribution in [-0.2, 0) is 9.84 Å². The zero-order valence-corrected chi connectivity index (χ0v) is 19.1. The van der Waals surface area contributed by atoms with Crippen LogP contribution in [0.3, 0.4) is 0 Å². The average molecular weight is 543 g/mol. The Morgan fingerprint density at radius 2 is 1.39 bits per heavy atom. The van der Waals surface area contributed by atoms with E-state index < -0.39 is 11.3 Å². The quantitative estimate of drug-likeness (QED) is 0.335. The number of sulfone groups is 1. The molecule has 2 rings (SSSR count). The van der Waals surface area contributed by atoms with Crippen molar-refractivity contribution in [3.05, 3.63) is 53.1 Å². The SMILES string of the molecule is Cc1cc(C)c(S(=O)(=O)c2ccc(SC(Br)(Br)Br)cc2)c(C)c1. The fourth-order valence-electron chi connectivity index (χ4n) is 2.53. The third-order valence-corrected chi connectivity index (χ3v) is 7.51. The van der Waals surface area contributed by atoms with Crippen LogP contribution in [0.25, 0.3) is 0 Å². The molecule has 0 aliphatic heterocycles. The van der Waals surface area contributed by atoms with Gasteiger partial charge in [0.2, 0.25) is 9.84 Å². The van der Waals surface area contributed by atoms with Crippen molar-refractivity contribution in [2.24, 2.45) is 0 Å². The van der Waals surface area contributed by atoms with Crippen LogP contribution in [0, 0.1) is 20.8 Å². The largest absolute Gasteiger partial charge is 0.218 e. The summed E-state index contributed by atoms with van der Waals surface area (Å²) >= 11 is 11.7. The summed E-state index contributed by atoms with van der Waals surface area (Å²) in [6.07, 6.45) is 0. The van der Waals surface area contributed by atoms with Crippen LogP contribution in [0.4, 0.5) is 0 Å². The topological polar surface area (TPSA) is 34.1 Å². The van der Waals surface area contributed by atoms with Crippen molar-refractivity contribution in [2.75, 3.05) is 0 Å². The second-order valence-corrected chi connectivity index (χ2v) is 16.8. The molecule has 0 saturated heterocycles. The minimum Gasteiger partial charge on any atom is -0.218 e. The minimum absolute atomic E-state index is 0.307. The van der Waals surface area contributed by atoms with Crippen LogP contribution in [-0.4, -0.2) is 9.89 Å². The predicted octanol–water partition coefficient (Wildman–Crippen LogP) is 6.33. The van der Waals surface area contributed by atoms with Crippen molar-refractivity contribution in [3.63, 3.8) is 0 Å². The fraction of sp³-hybridized carbons (Fsp3) is 0.250. The predicted molar refractivity (Wildman–Crippen MR) is 108 cm³/mol. The third kappa shape index (κ3) is 4.84. The van der Waals surface area contributed by atoms with Crippen LogP contribution < -0.4 is 0 Å². The van der Waals surface area contributed by atoms with Crippen LogP contribution in [0.2, 0.25) is 0 Å². The van der Waals surface area contributed by atoms with Crippen LogP contribution in [0.15, 0.2) is 51.1 Å². The van der Waals surface area contributed by atoms with Gasteiger partial charge in [0, 0.05) is 4.90 Å². The molecule has 7 heteroatoms. The summed E-state index contributed by atoms with van der Waals surface area (Å²) in [5.74, 6) is 0. The Kier molecular flexibility index (Phi) is 6.10. The van der Waals surface area contributed by atoms with Gasteiger partial charge in [-0.1, -0.05) is 29.5 Å². The molecule has 0 unspecified atom stereocenters. The zero-order valence-electron chi connectivity index (χ0n) is 12.7. The normalized spacial score (nSPS) is 12.4. The second kappa shape index (κ2) is 7.20. The molecular formula is C16H15Br3O2S2. The molecule has 0 amide bonds. The van der Waals surface area contributed by atoms with Crippen molar-refractivity contribution < 1.29 is 8.42 Å². The highest BCUT2D eigenvalue weighted by Gasteiger charge is 2.23. The van der Waals surface area contributed by atoms with Crippen LogP contribution in [0.5, 0.6) is 0 Å². The molecule has 0 radical (unpaired) electrons. The Labute approximate surface area is 166 Å². The molecule has 0 saturated carbocycles. The lowest BCUT2D eigenvalue weighted by Crippen LogP contribution is -2.07. The Balaban J connectivity index is 2.45. The summed E-state index contributed by atoms with van der Waals surface area (Å²) in [4.78, 5) is 1.65. The molecule has 2 nitrogen and oxygen atoms in total. The van der Waals surface area contributed by atoms with Crippen molar-refractivity contribution >= 4 is 69.4 Å². The Morgan fingerprint density at radius 1 is 0.913 bits per heavy atom. The van der Waals surface area contributed by atoms with E-state index in [1.54, 1.807) is 24.3 Å². The molecule has 0 aliphatic carbocycles. The Hall–Kier alpha value is 0.180. The fourth-order valence-corrected chi connectivity index (χ4v) is 6.45. The molecule has 0 heterocycles. The molecule has 0 aliphatic rings. The number of halogens is 3. The number of rotatable bonds is 3. The van der Waals surface area contributed by atoms with E-state index in [4.69, 9.17) is 0 Å². The van der Waals surface area contributed by atoms with Gasteiger partial charge in [0.15, 0.2) is 1.47 Å². The number of hydrogen-bond acceptors (Lipinski definition) is 3. The maximum absolute atomic E-state index is 12.9. The van der Waals surface area contributed by atoms with E-state index in [1.165, 1.54) is 11.8 Å². The molecule has 0 bridgehead atoms. The van der Waals surface area contributed by atoms with Gasteiger partial charge in [-0.25, -0.2) is 8.42 Å². The Morgan fingerprint density at radius 3 is 1.83 bits per heavy atom. The van der Waals surface area contributed by atoms with Crippen LogP contribution >= 0.6 is 59.6 Å². The molecule has 2 aromatic rings. The number of benzene rings is 2. The zero-order chi connectivity index (χ0) is 17.4. The smallest absolute Gasteiger partial charge is 0.207 e. The summed E-state index contributed by atoms with van der Waals surface area (Å²) in [6, 6.07) is 10.7. The first-order valence-corrected chi connectivity index (χ1v) is 11.4. The highest BCUT2D eigenvalue weighted by atomic mass is 80.0. The van der Waals surface area contributed by atoms with Crippen molar-refractivity contribution in [1.82, 2.24) is 0 Å². The summed E-state index contributed by atoms with van der Waals surface area (Å²) in [6.45, 7) is 5.65. The third-order valence-electron chi connectivity index (χ3n) is 3.24. The molecule has 124 valence electrons. The van der Waals surface area contributed by atoms with E-state index in [0.29, 0.717) is 9.79 Å². The van der Waals surface area contributed by atoms with E-state index >= 15 is 0 Å². The average Bonchev–Trinajstić information content (AvgIpc) is 2.35. The molecule has 0 N–H and O–H groups in total. The molecular weight excluding hydrogens is 528 g/mol. The van der Waals surface area contributed by atoms with Gasteiger partial charge in [0.05, 0.1) is 9.79 Å². The first-order chi connectivity index (χ1) is 10.5. The highest BCUT2D eigenvalue weighted by molar-refractivity contribution is 9.42. The molecule has 0 spiro atoms. The molecule has 2 aromatic carbocycles. The highest BCUT2D eigenvalue weighted by Crippen LogP contribution is 2.48. The maximum atomic E-state index is 12.9. The van der Waals surface area contributed by atoms with E-state index in [9.17, 15) is 8.42 Å². The van der Waals surface area contributed by atoms with Crippen molar-refractivity contribution in [1.29, 1.82) is 0 Å². The number of alkyl halides is 3. The second-order valence-electron chi connectivity index (χ2n) is 5.25. The van der Waals surface area contributed by atoms with Crippen LogP contribution in [0.1, 0.15) is 16.7 Å². The molecule has 0 aromatic heterocycles. The lowest BCUT2D eigenvalue weighted by Gasteiger charge is -2.14. The van der Waals surface area contributed by atoms with Gasteiger partial charge in [-0.15, -0.1) is 0 Å². The van der Waals surface area contributed by atoms with Crippen molar-refractivity contribution in [2.45, 2.75) is 36.9 Å². The maximum Gasteiger partial charge on any atom is 0.207 e. The van der Waals surface area contributed by atoms with E-state index in [0.717, 1.165) is 21.6 Å². The van der Waals surface area contributed by atoms with Gasteiger partial charge in [-0.3, -0.25) is 0 Å². The molecule has 0 fully saturated rings. The van der Waals surface area contributed by atoms with Gasteiger partial charge < -0.3 is 0 Å². The molecule has 23 heavy (non-hydrogen) atoms. The standard InChI is InChI=1S/C16H15Br3O2S2/c1-10-8-11(2)15(12(3)9-10)23(20,21)14-6-4-13(5-7-14)22-16(17,18)19/h4-9H,1-3H3. The number of aryl methyl sites for hydroxylation is 3. The van der Waals surface area contributed by atoms with Crippen molar-refractivity contribution in [3.8, 4) is 0 Å². The van der Waals surface area contributed by atoms with Gasteiger partial charge in [-0.2, -0.15) is 0 Å². The lowest BCUT2D eigenvalue weighted by atomic mass is 10.1. The molecule has 0 atom stereocenters. The summed E-state index contributed by atoms with van der Waals surface area (Å²) in [5, 5.41) is 0. The summed E-state index contributed by atoms with van der Waals surface area (Å²) in [7, 11) is -3.52. The van der Waals surface area contributed by atoms with Gasteiger partial charge in [0.25, 0.3) is 0 Å². The Bertz CT molecular complexity index is 800. The van der Waals surface area contributed by atoms with Gasteiger partial charge >= 0.3 is 0 Å². The number of thioether (sulfide) groups is 1. The lowest BCUT2D eigenvalue weighted by molar-refractivity contribution is 0.594.